The third-order valence-electron chi connectivity index (χ3n) is 1.89. The molecule has 0 spiro atoms. The van der Waals surface area contributed by atoms with Crippen LogP contribution < -0.4 is 5.32 Å². The lowest BCUT2D eigenvalue weighted by Gasteiger charge is -2.03. The van der Waals surface area contributed by atoms with E-state index in [1.54, 1.807) is 6.07 Å². The van der Waals surface area contributed by atoms with Gasteiger partial charge >= 0.3 is 0 Å². The normalized spacial score (nSPS) is 10.4. The summed E-state index contributed by atoms with van der Waals surface area (Å²) in [6.45, 7) is 2.55. The monoisotopic (exact) mass is 273 g/mol. The first-order valence-corrected chi connectivity index (χ1v) is 6.20. The van der Waals surface area contributed by atoms with Crippen molar-refractivity contribution in [3.8, 4) is 0 Å². The molecule has 6 heteroatoms. The van der Waals surface area contributed by atoms with E-state index in [4.69, 9.17) is 23.2 Å². The highest BCUT2D eigenvalue weighted by Gasteiger charge is 2.01. The lowest BCUT2D eigenvalue weighted by atomic mass is 10.2. The SMILES string of the molecule is Cc1nnc(NCc2cc(Cl)cc(Cl)c2)s1. The van der Waals surface area contributed by atoms with Crippen molar-refractivity contribution >= 4 is 39.7 Å². The number of nitrogens with zero attached hydrogens (tertiary/aromatic N) is 2. The van der Waals surface area contributed by atoms with Crippen LogP contribution in [0.5, 0.6) is 0 Å². The first-order valence-electron chi connectivity index (χ1n) is 4.62. The van der Waals surface area contributed by atoms with E-state index in [0.29, 0.717) is 16.6 Å². The van der Waals surface area contributed by atoms with Gasteiger partial charge in [-0.2, -0.15) is 0 Å². The van der Waals surface area contributed by atoms with Crippen molar-refractivity contribution < 1.29 is 0 Å². The smallest absolute Gasteiger partial charge is 0.205 e. The van der Waals surface area contributed by atoms with Gasteiger partial charge in [0.1, 0.15) is 5.01 Å². The number of aryl methyl sites for hydroxylation is 1. The summed E-state index contributed by atoms with van der Waals surface area (Å²) in [5, 5.41) is 14.1. The number of aromatic nitrogens is 2. The van der Waals surface area contributed by atoms with Crippen LogP contribution in [0.3, 0.4) is 0 Å². The van der Waals surface area contributed by atoms with Gasteiger partial charge in [0, 0.05) is 16.6 Å². The average molecular weight is 274 g/mol. The quantitative estimate of drug-likeness (QED) is 0.925. The highest BCUT2D eigenvalue weighted by Crippen LogP contribution is 2.20. The van der Waals surface area contributed by atoms with Gasteiger partial charge in [0.15, 0.2) is 0 Å². The third-order valence-corrected chi connectivity index (χ3v) is 3.12. The summed E-state index contributed by atoms with van der Waals surface area (Å²) in [6, 6.07) is 5.45. The van der Waals surface area contributed by atoms with E-state index in [0.717, 1.165) is 15.7 Å². The number of benzene rings is 1. The summed E-state index contributed by atoms with van der Waals surface area (Å²) in [5.41, 5.74) is 1.02. The lowest BCUT2D eigenvalue weighted by Crippen LogP contribution is -1.98. The maximum absolute atomic E-state index is 5.90. The van der Waals surface area contributed by atoms with Crippen molar-refractivity contribution in [2.24, 2.45) is 0 Å². The molecule has 0 saturated carbocycles. The van der Waals surface area contributed by atoms with Gasteiger partial charge in [-0.3, -0.25) is 0 Å². The van der Waals surface area contributed by atoms with Gasteiger partial charge in [0.2, 0.25) is 5.13 Å². The van der Waals surface area contributed by atoms with Crippen LogP contribution >= 0.6 is 34.5 Å². The van der Waals surface area contributed by atoms with Gasteiger partial charge in [-0.05, 0) is 30.7 Å². The Kier molecular flexibility index (Phi) is 3.63. The van der Waals surface area contributed by atoms with Crippen LogP contribution in [0.1, 0.15) is 10.6 Å². The van der Waals surface area contributed by atoms with Gasteiger partial charge < -0.3 is 5.32 Å². The summed E-state index contributed by atoms with van der Waals surface area (Å²) in [4.78, 5) is 0. The number of halogens is 2. The Labute approximate surface area is 107 Å². The molecule has 0 atom stereocenters. The van der Waals surface area contributed by atoms with Gasteiger partial charge in [0.05, 0.1) is 0 Å². The third kappa shape index (κ3) is 3.07. The van der Waals surface area contributed by atoms with E-state index >= 15 is 0 Å². The van der Waals surface area contributed by atoms with E-state index in [1.165, 1.54) is 11.3 Å². The first-order chi connectivity index (χ1) is 7.63. The molecule has 1 aromatic heterocycles. The summed E-state index contributed by atoms with van der Waals surface area (Å²) in [6.07, 6.45) is 0. The summed E-state index contributed by atoms with van der Waals surface area (Å²) in [5.74, 6) is 0. The van der Waals surface area contributed by atoms with Crippen molar-refractivity contribution in [3.05, 3.63) is 38.8 Å². The van der Waals surface area contributed by atoms with E-state index in [2.05, 4.69) is 15.5 Å². The minimum Gasteiger partial charge on any atom is -0.356 e. The molecule has 0 bridgehead atoms. The fourth-order valence-electron chi connectivity index (χ4n) is 1.26. The average Bonchev–Trinajstić information content (AvgIpc) is 2.60. The van der Waals surface area contributed by atoms with Crippen molar-refractivity contribution in [1.29, 1.82) is 0 Å². The number of hydrogen-bond donors (Lipinski definition) is 1. The molecule has 0 fully saturated rings. The number of rotatable bonds is 3. The molecular weight excluding hydrogens is 265 g/mol. The van der Waals surface area contributed by atoms with E-state index in [9.17, 15) is 0 Å². The second-order valence-electron chi connectivity index (χ2n) is 3.26. The summed E-state index contributed by atoms with van der Waals surface area (Å²) in [7, 11) is 0. The second kappa shape index (κ2) is 4.99. The molecule has 0 saturated heterocycles. The Balaban J connectivity index is 2.04. The maximum atomic E-state index is 5.90. The molecule has 2 rings (SSSR count). The molecule has 0 aliphatic heterocycles. The maximum Gasteiger partial charge on any atom is 0.205 e. The zero-order valence-corrected chi connectivity index (χ0v) is 10.8. The fourth-order valence-corrected chi connectivity index (χ4v) is 2.42. The van der Waals surface area contributed by atoms with Crippen LogP contribution in [0.15, 0.2) is 18.2 Å². The molecule has 0 radical (unpaired) electrons. The number of hydrogen-bond acceptors (Lipinski definition) is 4. The lowest BCUT2D eigenvalue weighted by molar-refractivity contribution is 1.02. The molecule has 3 nitrogen and oxygen atoms in total. The molecule has 1 N–H and O–H groups in total. The highest BCUT2D eigenvalue weighted by molar-refractivity contribution is 7.15. The minimum atomic E-state index is 0.634. The van der Waals surface area contributed by atoms with Crippen LogP contribution in [-0.2, 0) is 6.54 Å². The van der Waals surface area contributed by atoms with Crippen LogP contribution in [0.25, 0.3) is 0 Å². The molecule has 1 heterocycles. The fraction of sp³-hybridized carbons (Fsp3) is 0.200. The Morgan fingerprint density at radius 2 is 1.88 bits per heavy atom. The van der Waals surface area contributed by atoms with Gasteiger partial charge in [-0.1, -0.05) is 34.5 Å². The molecule has 0 aliphatic rings. The topological polar surface area (TPSA) is 37.8 Å². The highest BCUT2D eigenvalue weighted by atomic mass is 35.5. The first kappa shape index (κ1) is 11.6. The van der Waals surface area contributed by atoms with Crippen molar-refractivity contribution in [2.45, 2.75) is 13.5 Å². The molecule has 0 unspecified atom stereocenters. The predicted octanol–water partition coefficient (Wildman–Crippen LogP) is 3.77. The van der Waals surface area contributed by atoms with Gasteiger partial charge in [-0.15, -0.1) is 10.2 Å². The van der Waals surface area contributed by atoms with Crippen LogP contribution in [0.2, 0.25) is 10.0 Å². The Bertz CT molecular complexity index is 478. The molecule has 2 aromatic rings. The van der Waals surface area contributed by atoms with Crippen molar-refractivity contribution in [1.82, 2.24) is 10.2 Å². The Morgan fingerprint density at radius 1 is 1.19 bits per heavy atom. The second-order valence-corrected chi connectivity index (χ2v) is 5.31. The molecule has 16 heavy (non-hydrogen) atoms. The standard InChI is InChI=1S/C10H9Cl2N3S/c1-6-14-15-10(16-6)13-5-7-2-8(11)4-9(12)3-7/h2-4H,5H2,1H3,(H,13,15). The summed E-state index contributed by atoms with van der Waals surface area (Å²) >= 11 is 13.3. The Morgan fingerprint density at radius 3 is 2.44 bits per heavy atom. The Hall–Kier alpha value is -0.840. The number of anilines is 1. The van der Waals surface area contributed by atoms with Crippen LogP contribution in [0, 0.1) is 6.92 Å². The molecule has 0 amide bonds. The largest absolute Gasteiger partial charge is 0.356 e. The zero-order valence-electron chi connectivity index (χ0n) is 8.50. The van der Waals surface area contributed by atoms with E-state index in [1.807, 2.05) is 19.1 Å². The molecule has 0 aliphatic carbocycles. The van der Waals surface area contributed by atoms with E-state index in [-0.39, 0.29) is 0 Å². The van der Waals surface area contributed by atoms with Crippen LogP contribution in [-0.4, -0.2) is 10.2 Å². The molecule has 84 valence electrons. The zero-order chi connectivity index (χ0) is 11.5. The van der Waals surface area contributed by atoms with E-state index < -0.39 is 0 Å². The van der Waals surface area contributed by atoms with Crippen molar-refractivity contribution in [3.63, 3.8) is 0 Å². The molecular formula is C10H9Cl2N3S. The van der Waals surface area contributed by atoms with Crippen molar-refractivity contribution in [2.75, 3.05) is 5.32 Å². The van der Waals surface area contributed by atoms with Gasteiger partial charge in [-0.25, -0.2) is 0 Å². The summed E-state index contributed by atoms with van der Waals surface area (Å²) < 4.78 is 0. The predicted molar refractivity (Wildman–Crippen MR) is 68.4 cm³/mol. The molecule has 1 aromatic carbocycles. The number of nitrogens with one attached hydrogen (secondary N) is 1. The van der Waals surface area contributed by atoms with Gasteiger partial charge in [0.25, 0.3) is 0 Å². The van der Waals surface area contributed by atoms with Crippen LogP contribution in [0.4, 0.5) is 5.13 Å². The minimum absolute atomic E-state index is 0.634.